The Morgan fingerprint density at radius 2 is 2.00 bits per heavy atom. The van der Waals surface area contributed by atoms with Gasteiger partial charge in [0.2, 0.25) is 5.91 Å². The summed E-state index contributed by atoms with van der Waals surface area (Å²) in [4.78, 5) is 25.2. The Labute approximate surface area is 125 Å². The third-order valence-corrected chi connectivity index (χ3v) is 3.06. The van der Waals surface area contributed by atoms with Crippen LogP contribution in [0.1, 0.15) is 33.7 Å². The number of anilines is 1. The molecule has 0 bridgehead atoms. The molecule has 1 heterocycles. The fourth-order valence-corrected chi connectivity index (χ4v) is 1.84. The second-order valence-corrected chi connectivity index (χ2v) is 5.38. The third-order valence-electron chi connectivity index (χ3n) is 3.06. The van der Waals surface area contributed by atoms with Gasteiger partial charge < -0.3 is 10.1 Å². The Hall–Kier alpha value is -1.89. The molecule has 0 aliphatic carbocycles. The molecule has 0 saturated carbocycles. The topological polar surface area (TPSA) is 76.5 Å². The average Bonchev–Trinajstić information content (AvgIpc) is 2.85. The standard InChI is InChI=1S/C14H24N4O3/c1-10(2)17(9-14(20)21-5)8-13(19)16-12-6-7-15-18(12)11(3)4/h6-7,10-11H,8-9H2,1-5H3,(H,16,19). The van der Waals surface area contributed by atoms with Crippen LogP contribution in [-0.2, 0) is 14.3 Å². The van der Waals surface area contributed by atoms with Gasteiger partial charge in [0.25, 0.3) is 0 Å². The van der Waals surface area contributed by atoms with Gasteiger partial charge in [-0.2, -0.15) is 5.10 Å². The van der Waals surface area contributed by atoms with Gasteiger partial charge in [-0.25, -0.2) is 4.68 Å². The predicted octanol–water partition coefficient (Wildman–Crippen LogP) is 1.29. The molecule has 1 aromatic heterocycles. The van der Waals surface area contributed by atoms with Gasteiger partial charge in [0.15, 0.2) is 0 Å². The van der Waals surface area contributed by atoms with E-state index in [-0.39, 0.29) is 37.0 Å². The smallest absolute Gasteiger partial charge is 0.319 e. The number of esters is 1. The summed E-state index contributed by atoms with van der Waals surface area (Å²) in [6.07, 6.45) is 1.64. The molecule has 0 aliphatic heterocycles. The Kier molecular flexibility index (Phi) is 6.36. The molecule has 0 saturated heterocycles. The molecule has 1 N–H and O–H groups in total. The van der Waals surface area contributed by atoms with Gasteiger partial charge in [-0.1, -0.05) is 0 Å². The lowest BCUT2D eigenvalue weighted by atomic mass is 10.3. The highest BCUT2D eigenvalue weighted by Gasteiger charge is 2.18. The van der Waals surface area contributed by atoms with Crippen LogP contribution in [0.4, 0.5) is 5.82 Å². The van der Waals surface area contributed by atoms with Crippen molar-refractivity contribution in [2.24, 2.45) is 0 Å². The van der Waals surface area contributed by atoms with Crippen LogP contribution in [0.3, 0.4) is 0 Å². The highest BCUT2D eigenvalue weighted by Crippen LogP contribution is 2.13. The lowest BCUT2D eigenvalue weighted by molar-refractivity contribution is -0.142. The van der Waals surface area contributed by atoms with Gasteiger partial charge in [0.05, 0.1) is 26.4 Å². The van der Waals surface area contributed by atoms with Crippen molar-refractivity contribution in [1.82, 2.24) is 14.7 Å². The molecule has 21 heavy (non-hydrogen) atoms. The van der Waals surface area contributed by atoms with Gasteiger partial charge in [0, 0.05) is 18.2 Å². The maximum absolute atomic E-state index is 12.1. The van der Waals surface area contributed by atoms with Gasteiger partial charge in [0.1, 0.15) is 5.82 Å². The van der Waals surface area contributed by atoms with E-state index in [2.05, 4.69) is 15.2 Å². The number of nitrogens with one attached hydrogen (secondary N) is 1. The van der Waals surface area contributed by atoms with Crippen LogP contribution in [-0.4, -0.2) is 52.8 Å². The van der Waals surface area contributed by atoms with Crippen molar-refractivity contribution in [2.75, 3.05) is 25.5 Å². The normalized spacial score (nSPS) is 11.2. The minimum atomic E-state index is -0.358. The van der Waals surface area contributed by atoms with Crippen molar-refractivity contribution in [2.45, 2.75) is 39.8 Å². The van der Waals surface area contributed by atoms with Crippen molar-refractivity contribution in [3.8, 4) is 0 Å². The molecule has 0 unspecified atom stereocenters. The first-order valence-corrected chi connectivity index (χ1v) is 6.99. The van der Waals surface area contributed by atoms with Crippen molar-refractivity contribution in [3.63, 3.8) is 0 Å². The molecule has 0 radical (unpaired) electrons. The van der Waals surface area contributed by atoms with E-state index in [1.807, 2.05) is 27.7 Å². The molecule has 0 atom stereocenters. The van der Waals surface area contributed by atoms with Gasteiger partial charge in [-0.3, -0.25) is 14.5 Å². The molecule has 1 rings (SSSR count). The molecule has 0 spiro atoms. The lowest BCUT2D eigenvalue weighted by Crippen LogP contribution is -2.41. The van der Waals surface area contributed by atoms with E-state index >= 15 is 0 Å². The van der Waals surface area contributed by atoms with Gasteiger partial charge in [-0.15, -0.1) is 0 Å². The fourth-order valence-electron chi connectivity index (χ4n) is 1.84. The second-order valence-electron chi connectivity index (χ2n) is 5.38. The first-order valence-electron chi connectivity index (χ1n) is 6.99. The van der Waals surface area contributed by atoms with E-state index < -0.39 is 0 Å². The third kappa shape index (κ3) is 5.18. The highest BCUT2D eigenvalue weighted by atomic mass is 16.5. The number of rotatable bonds is 7. The minimum Gasteiger partial charge on any atom is -0.468 e. The van der Waals surface area contributed by atoms with Crippen LogP contribution in [0, 0.1) is 0 Å². The Balaban J connectivity index is 2.65. The molecule has 0 aliphatic rings. The van der Waals surface area contributed by atoms with Crippen LogP contribution < -0.4 is 5.32 Å². The SMILES string of the molecule is COC(=O)CN(CC(=O)Nc1ccnn1C(C)C)C(C)C. The quantitative estimate of drug-likeness (QED) is 0.767. The fraction of sp³-hybridized carbons (Fsp3) is 0.643. The summed E-state index contributed by atoms with van der Waals surface area (Å²) in [6.45, 7) is 8.03. The van der Waals surface area contributed by atoms with Crippen LogP contribution in [0.5, 0.6) is 0 Å². The molecule has 0 fully saturated rings. The Bertz CT molecular complexity index is 482. The summed E-state index contributed by atoms with van der Waals surface area (Å²) in [5, 5.41) is 6.98. The summed E-state index contributed by atoms with van der Waals surface area (Å²) in [6, 6.07) is 1.97. The number of nitrogens with zero attached hydrogens (tertiary/aromatic N) is 3. The number of hydrogen-bond donors (Lipinski definition) is 1. The van der Waals surface area contributed by atoms with Crippen LogP contribution in [0.15, 0.2) is 12.3 Å². The number of amides is 1. The summed E-state index contributed by atoms with van der Waals surface area (Å²) in [5.41, 5.74) is 0. The zero-order chi connectivity index (χ0) is 16.0. The largest absolute Gasteiger partial charge is 0.468 e. The Morgan fingerprint density at radius 1 is 1.33 bits per heavy atom. The van der Waals surface area contributed by atoms with E-state index in [0.29, 0.717) is 5.82 Å². The van der Waals surface area contributed by atoms with Crippen LogP contribution in [0.2, 0.25) is 0 Å². The van der Waals surface area contributed by atoms with Gasteiger partial charge >= 0.3 is 5.97 Å². The van der Waals surface area contributed by atoms with E-state index in [4.69, 9.17) is 0 Å². The van der Waals surface area contributed by atoms with Crippen molar-refractivity contribution < 1.29 is 14.3 Å². The average molecular weight is 296 g/mol. The molecule has 7 nitrogen and oxygen atoms in total. The number of hydrogen-bond acceptors (Lipinski definition) is 5. The zero-order valence-electron chi connectivity index (χ0n) is 13.3. The van der Waals surface area contributed by atoms with E-state index in [9.17, 15) is 9.59 Å². The predicted molar refractivity (Wildman–Crippen MR) is 80.0 cm³/mol. The van der Waals surface area contributed by atoms with Gasteiger partial charge in [-0.05, 0) is 27.7 Å². The second kappa shape index (κ2) is 7.78. The van der Waals surface area contributed by atoms with E-state index in [0.717, 1.165) is 0 Å². The Morgan fingerprint density at radius 3 is 2.52 bits per heavy atom. The molecule has 7 heteroatoms. The van der Waals surface area contributed by atoms with Crippen LogP contribution >= 0.6 is 0 Å². The van der Waals surface area contributed by atoms with Crippen molar-refractivity contribution in [3.05, 3.63) is 12.3 Å². The van der Waals surface area contributed by atoms with E-state index in [1.165, 1.54) is 7.11 Å². The number of ether oxygens (including phenoxy) is 1. The lowest BCUT2D eigenvalue weighted by Gasteiger charge is -2.24. The molecule has 118 valence electrons. The minimum absolute atomic E-state index is 0.0601. The number of methoxy groups -OCH3 is 1. The first kappa shape index (κ1) is 17.2. The van der Waals surface area contributed by atoms with E-state index in [1.54, 1.807) is 21.8 Å². The maximum atomic E-state index is 12.1. The summed E-state index contributed by atoms with van der Waals surface area (Å²) >= 11 is 0. The van der Waals surface area contributed by atoms with Crippen LogP contribution in [0.25, 0.3) is 0 Å². The monoisotopic (exact) mass is 296 g/mol. The summed E-state index contributed by atoms with van der Waals surface area (Å²) in [5.74, 6) is 0.107. The maximum Gasteiger partial charge on any atom is 0.319 e. The molecular formula is C14H24N4O3. The summed E-state index contributed by atoms with van der Waals surface area (Å²) < 4.78 is 6.38. The summed E-state index contributed by atoms with van der Waals surface area (Å²) in [7, 11) is 1.34. The highest BCUT2D eigenvalue weighted by molar-refractivity contribution is 5.91. The molecule has 1 amide bonds. The molecule has 0 aromatic carbocycles. The molecule has 1 aromatic rings. The molecular weight excluding hydrogens is 272 g/mol. The first-order chi connectivity index (χ1) is 9.85. The number of carbonyl (C=O) groups excluding carboxylic acids is 2. The van der Waals surface area contributed by atoms with Crippen molar-refractivity contribution in [1.29, 1.82) is 0 Å². The number of aromatic nitrogens is 2. The number of carbonyl (C=O) groups is 2. The zero-order valence-corrected chi connectivity index (χ0v) is 13.3. The van der Waals surface area contributed by atoms with Crippen molar-refractivity contribution >= 4 is 17.7 Å².